The van der Waals surface area contributed by atoms with Crippen LogP contribution in [-0.2, 0) is 19.6 Å². The van der Waals surface area contributed by atoms with Gasteiger partial charge >= 0.3 is 0 Å². The molecule has 2 aromatic carbocycles. The molecule has 1 heterocycles. The first kappa shape index (κ1) is 27.1. The second-order valence-electron chi connectivity index (χ2n) is 8.57. The van der Waals surface area contributed by atoms with Gasteiger partial charge in [0.15, 0.2) is 5.96 Å². The highest BCUT2D eigenvalue weighted by Gasteiger charge is 2.13. The number of nitrogens with one attached hydrogen (secondary N) is 2. The van der Waals surface area contributed by atoms with Gasteiger partial charge < -0.3 is 20.4 Å². The number of rotatable bonds is 7. The SMILES string of the molecule is CN=C(NCc1ccc(CN2CCN(C)CC2)cc1)NCc1ccc(C(=O)N(C)C)cc1.I. The van der Waals surface area contributed by atoms with Crippen molar-refractivity contribution in [1.82, 2.24) is 25.3 Å². The summed E-state index contributed by atoms with van der Waals surface area (Å²) in [5.41, 5.74) is 4.37. The first-order valence-corrected chi connectivity index (χ1v) is 11.2. The maximum atomic E-state index is 12.0. The molecule has 0 atom stereocenters. The van der Waals surface area contributed by atoms with Crippen molar-refractivity contribution in [1.29, 1.82) is 0 Å². The van der Waals surface area contributed by atoms with Gasteiger partial charge in [0, 0.05) is 72.5 Å². The quantitative estimate of drug-likeness (QED) is 0.308. The summed E-state index contributed by atoms with van der Waals surface area (Å²) in [4.78, 5) is 22.8. The Balaban J connectivity index is 0.00000385. The number of aliphatic imine (C=N–C) groups is 1. The fourth-order valence-electron chi connectivity index (χ4n) is 3.64. The molecule has 0 aromatic heterocycles. The Morgan fingerprint density at radius 3 is 1.85 bits per heavy atom. The maximum Gasteiger partial charge on any atom is 0.253 e. The number of hydrogen-bond donors (Lipinski definition) is 2. The number of amides is 1. The lowest BCUT2D eigenvalue weighted by atomic mass is 10.1. The van der Waals surface area contributed by atoms with Crippen LogP contribution in [0, 0.1) is 0 Å². The minimum atomic E-state index is 0. The summed E-state index contributed by atoms with van der Waals surface area (Å²) in [6.45, 7) is 6.93. The monoisotopic (exact) mass is 564 g/mol. The van der Waals surface area contributed by atoms with E-state index in [2.05, 4.69) is 56.7 Å². The van der Waals surface area contributed by atoms with E-state index in [-0.39, 0.29) is 29.9 Å². The molecule has 0 unspecified atom stereocenters. The third-order valence-corrected chi connectivity index (χ3v) is 5.78. The molecule has 0 spiro atoms. The summed E-state index contributed by atoms with van der Waals surface area (Å²) < 4.78 is 0. The number of carbonyl (C=O) groups is 1. The van der Waals surface area contributed by atoms with Crippen LogP contribution in [0.4, 0.5) is 0 Å². The number of carbonyl (C=O) groups excluding carboxylic acids is 1. The summed E-state index contributed by atoms with van der Waals surface area (Å²) in [5.74, 6) is 0.761. The zero-order valence-electron chi connectivity index (χ0n) is 20.2. The Kier molecular flexibility index (Phi) is 11.1. The molecule has 1 aliphatic rings. The Labute approximate surface area is 215 Å². The summed E-state index contributed by atoms with van der Waals surface area (Å²) in [5, 5.41) is 6.70. The molecular formula is C25H37IN6O. The topological polar surface area (TPSA) is 63.2 Å². The Hall–Kier alpha value is -2.17. The second kappa shape index (κ2) is 13.5. The highest BCUT2D eigenvalue weighted by molar-refractivity contribution is 14.0. The predicted molar refractivity (Wildman–Crippen MR) is 146 cm³/mol. The Morgan fingerprint density at radius 1 is 0.879 bits per heavy atom. The lowest BCUT2D eigenvalue weighted by molar-refractivity contribution is 0.0827. The molecular weight excluding hydrogens is 527 g/mol. The highest BCUT2D eigenvalue weighted by Crippen LogP contribution is 2.10. The van der Waals surface area contributed by atoms with E-state index < -0.39 is 0 Å². The molecule has 8 heteroatoms. The molecule has 1 saturated heterocycles. The average Bonchev–Trinajstić information content (AvgIpc) is 2.81. The predicted octanol–water partition coefficient (Wildman–Crippen LogP) is 2.62. The second-order valence-corrected chi connectivity index (χ2v) is 8.57. The zero-order chi connectivity index (χ0) is 22.9. The van der Waals surface area contributed by atoms with Crippen molar-refractivity contribution in [3.63, 3.8) is 0 Å². The first-order valence-electron chi connectivity index (χ1n) is 11.2. The van der Waals surface area contributed by atoms with Crippen molar-refractivity contribution in [3.05, 3.63) is 70.8 Å². The van der Waals surface area contributed by atoms with Gasteiger partial charge in [-0.15, -0.1) is 24.0 Å². The third kappa shape index (κ3) is 8.60. The fraction of sp³-hybridized carbons (Fsp3) is 0.440. The van der Waals surface area contributed by atoms with Crippen molar-refractivity contribution in [3.8, 4) is 0 Å². The van der Waals surface area contributed by atoms with Crippen molar-refractivity contribution in [2.75, 3.05) is 54.4 Å². The summed E-state index contributed by atoms with van der Waals surface area (Å²) >= 11 is 0. The normalized spacial score (nSPS) is 15.0. The molecule has 0 bridgehead atoms. The number of likely N-dealkylation sites (N-methyl/N-ethyl adjacent to an activating group) is 1. The third-order valence-electron chi connectivity index (χ3n) is 5.78. The van der Waals surface area contributed by atoms with Crippen LogP contribution >= 0.6 is 24.0 Å². The van der Waals surface area contributed by atoms with Gasteiger partial charge in [-0.25, -0.2) is 0 Å². The van der Waals surface area contributed by atoms with E-state index in [9.17, 15) is 4.79 Å². The number of guanidine groups is 1. The van der Waals surface area contributed by atoms with Crippen LogP contribution in [0.3, 0.4) is 0 Å². The van der Waals surface area contributed by atoms with E-state index in [0.717, 1.165) is 44.2 Å². The number of benzene rings is 2. The van der Waals surface area contributed by atoms with Gasteiger partial charge in [-0.1, -0.05) is 36.4 Å². The lowest BCUT2D eigenvalue weighted by Gasteiger charge is -2.32. The largest absolute Gasteiger partial charge is 0.352 e. The van der Waals surface area contributed by atoms with Crippen LogP contribution in [0.15, 0.2) is 53.5 Å². The minimum Gasteiger partial charge on any atom is -0.352 e. The summed E-state index contributed by atoms with van der Waals surface area (Å²) in [7, 11) is 7.47. The van der Waals surface area contributed by atoms with Crippen molar-refractivity contribution in [2.24, 2.45) is 4.99 Å². The fourth-order valence-corrected chi connectivity index (χ4v) is 3.64. The van der Waals surface area contributed by atoms with Gasteiger partial charge in [-0.3, -0.25) is 14.7 Å². The maximum absolute atomic E-state index is 12.0. The molecule has 0 aliphatic carbocycles. The van der Waals surface area contributed by atoms with Gasteiger partial charge in [-0.2, -0.15) is 0 Å². The van der Waals surface area contributed by atoms with Crippen LogP contribution in [0.1, 0.15) is 27.0 Å². The van der Waals surface area contributed by atoms with E-state index in [1.807, 2.05) is 24.3 Å². The Morgan fingerprint density at radius 2 is 1.36 bits per heavy atom. The van der Waals surface area contributed by atoms with Crippen molar-refractivity contribution < 1.29 is 4.79 Å². The smallest absolute Gasteiger partial charge is 0.253 e. The summed E-state index contributed by atoms with van der Waals surface area (Å²) in [6, 6.07) is 16.5. The molecule has 3 rings (SSSR count). The van der Waals surface area contributed by atoms with Crippen LogP contribution in [0.5, 0.6) is 0 Å². The van der Waals surface area contributed by atoms with E-state index in [4.69, 9.17) is 0 Å². The molecule has 180 valence electrons. The molecule has 0 saturated carbocycles. The van der Waals surface area contributed by atoms with Gasteiger partial charge in [-0.05, 0) is 35.9 Å². The van der Waals surface area contributed by atoms with Gasteiger partial charge in [0.1, 0.15) is 0 Å². The number of nitrogens with zero attached hydrogens (tertiary/aromatic N) is 4. The molecule has 33 heavy (non-hydrogen) atoms. The number of piperazine rings is 1. The van der Waals surface area contributed by atoms with Crippen LogP contribution in [0.25, 0.3) is 0 Å². The summed E-state index contributed by atoms with van der Waals surface area (Å²) in [6.07, 6.45) is 0. The molecule has 1 aliphatic heterocycles. The zero-order valence-corrected chi connectivity index (χ0v) is 22.5. The minimum absolute atomic E-state index is 0. The standard InChI is InChI=1S/C25H36N6O.HI/c1-26-25(28-18-21-9-11-23(12-10-21)24(32)29(2)3)27-17-20-5-7-22(8-6-20)19-31-15-13-30(4)14-16-31;/h5-12H,13-19H2,1-4H3,(H2,26,27,28);1H. The van der Waals surface area contributed by atoms with Crippen LogP contribution < -0.4 is 10.6 Å². The van der Waals surface area contributed by atoms with Crippen LogP contribution in [-0.4, -0.2) is 80.9 Å². The Bertz CT molecular complexity index is 890. The molecule has 1 amide bonds. The number of halogens is 1. The van der Waals surface area contributed by atoms with E-state index >= 15 is 0 Å². The molecule has 2 aromatic rings. The molecule has 7 nitrogen and oxygen atoms in total. The van der Waals surface area contributed by atoms with Crippen LogP contribution in [0.2, 0.25) is 0 Å². The molecule has 0 radical (unpaired) electrons. The first-order chi connectivity index (χ1) is 15.4. The highest BCUT2D eigenvalue weighted by atomic mass is 127. The number of hydrogen-bond acceptors (Lipinski definition) is 4. The average molecular weight is 565 g/mol. The van der Waals surface area contributed by atoms with E-state index in [0.29, 0.717) is 18.7 Å². The van der Waals surface area contributed by atoms with Gasteiger partial charge in [0.05, 0.1) is 0 Å². The molecule has 2 N–H and O–H groups in total. The van der Waals surface area contributed by atoms with Gasteiger partial charge in [0.2, 0.25) is 0 Å². The van der Waals surface area contributed by atoms with Crippen molar-refractivity contribution >= 4 is 35.8 Å². The van der Waals surface area contributed by atoms with Crippen molar-refractivity contribution in [2.45, 2.75) is 19.6 Å². The lowest BCUT2D eigenvalue weighted by Crippen LogP contribution is -2.43. The van der Waals surface area contributed by atoms with E-state index in [1.54, 1.807) is 26.0 Å². The molecule has 1 fully saturated rings. The van der Waals surface area contributed by atoms with E-state index in [1.165, 1.54) is 11.1 Å². The van der Waals surface area contributed by atoms with Gasteiger partial charge in [0.25, 0.3) is 5.91 Å².